The molecule has 20 heavy (non-hydrogen) atoms. The van der Waals surface area contributed by atoms with Crippen LogP contribution in [0.25, 0.3) is 0 Å². The van der Waals surface area contributed by atoms with E-state index in [1.54, 1.807) is 19.2 Å². The molecule has 110 valence electrons. The third-order valence-corrected chi connectivity index (χ3v) is 4.18. The van der Waals surface area contributed by atoms with Crippen molar-refractivity contribution in [2.24, 2.45) is 0 Å². The first kappa shape index (κ1) is 14.9. The summed E-state index contributed by atoms with van der Waals surface area (Å²) in [7, 11) is 1.78. The van der Waals surface area contributed by atoms with E-state index >= 15 is 0 Å². The molecule has 0 saturated carbocycles. The third kappa shape index (κ3) is 3.77. The van der Waals surface area contributed by atoms with Crippen molar-refractivity contribution in [2.45, 2.75) is 38.3 Å². The summed E-state index contributed by atoms with van der Waals surface area (Å²) in [6, 6.07) is 6.84. The first-order valence-corrected chi connectivity index (χ1v) is 7.03. The average molecular weight is 278 g/mol. The van der Waals surface area contributed by atoms with Gasteiger partial charge < -0.3 is 4.74 Å². The van der Waals surface area contributed by atoms with Gasteiger partial charge in [0.05, 0.1) is 10.5 Å². The highest BCUT2D eigenvalue weighted by Crippen LogP contribution is 2.26. The van der Waals surface area contributed by atoms with E-state index < -0.39 is 0 Å². The predicted molar refractivity (Wildman–Crippen MR) is 77.6 cm³/mol. The number of nitrogens with zero attached hydrogens (tertiary/aromatic N) is 2. The van der Waals surface area contributed by atoms with Gasteiger partial charge in [0.1, 0.15) is 0 Å². The van der Waals surface area contributed by atoms with Crippen LogP contribution in [0.15, 0.2) is 24.3 Å². The summed E-state index contributed by atoms with van der Waals surface area (Å²) >= 11 is 0. The zero-order valence-corrected chi connectivity index (χ0v) is 12.2. The van der Waals surface area contributed by atoms with Gasteiger partial charge in [0, 0.05) is 32.3 Å². The van der Waals surface area contributed by atoms with Gasteiger partial charge in [0.15, 0.2) is 0 Å². The van der Waals surface area contributed by atoms with Gasteiger partial charge in [-0.25, -0.2) is 0 Å². The topological polar surface area (TPSA) is 55.6 Å². The molecule has 1 saturated heterocycles. The molecule has 0 aromatic heterocycles. The third-order valence-electron chi connectivity index (χ3n) is 4.18. The number of non-ortho nitro benzene ring substituents is 1. The van der Waals surface area contributed by atoms with Gasteiger partial charge in [-0.15, -0.1) is 0 Å². The Morgan fingerprint density at radius 3 is 2.60 bits per heavy atom. The SMILES string of the molecule is CO[C@@]1(C)CCCN(Cc2ccc([N+](=O)[O-])cc2)CC1. The normalized spacial score (nSPS) is 24.3. The molecule has 1 aromatic carbocycles. The molecule has 1 fully saturated rings. The van der Waals surface area contributed by atoms with Crippen molar-refractivity contribution in [2.75, 3.05) is 20.2 Å². The number of nitro benzene ring substituents is 1. The quantitative estimate of drug-likeness (QED) is 0.627. The molecule has 0 bridgehead atoms. The molecule has 0 unspecified atom stereocenters. The van der Waals surface area contributed by atoms with Crippen LogP contribution in [0.5, 0.6) is 0 Å². The van der Waals surface area contributed by atoms with Crippen LogP contribution in [0.3, 0.4) is 0 Å². The van der Waals surface area contributed by atoms with Crippen LogP contribution < -0.4 is 0 Å². The fourth-order valence-electron chi connectivity index (χ4n) is 2.65. The largest absolute Gasteiger partial charge is 0.378 e. The molecule has 1 atom stereocenters. The second-order valence-electron chi connectivity index (χ2n) is 5.71. The number of rotatable bonds is 4. The minimum Gasteiger partial charge on any atom is -0.378 e. The smallest absolute Gasteiger partial charge is 0.269 e. The first-order valence-electron chi connectivity index (χ1n) is 7.03. The van der Waals surface area contributed by atoms with E-state index in [1.807, 2.05) is 12.1 Å². The molecule has 1 aliphatic rings. The standard InChI is InChI=1S/C15H22N2O3/c1-15(20-2)8-3-10-16(11-9-15)12-13-4-6-14(7-5-13)17(18)19/h4-7H,3,8-12H2,1-2H3/t15-/m0/s1. The van der Waals surface area contributed by atoms with Crippen molar-refractivity contribution >= 4 is 5.69 Å². The Kier molecular flexibility index (Phi) is 4.73. The molecule has 5 heteroatoms. The van der Waals surface area contributed by atoms with Gasteiger partial charge in [-0.05, 0) is 38.3 Å². The van der Waals surface area contributed by atoms with E-state index in [2.05, 4.69) is 11.8 Å². The second kappa shape index (κ2) is 6.33. The Hall–Kier alpha value is -1.46. The van der Waals surface area contributed by atoms with Gasteiger partial charge in [0.2, 0.25) is 0 Å². The number of nitro groups is 1. The van der Waals surface area contributed by atoms with Gasteiger partial charge >= 0.3 is 0 Å². The summed E-state index contributed by atoms with van der Waals surface area (Å²) in [5, 5.41) is 10.6. The number of benzene rings is 1. The highest BCUT2D eigenvalue weighted by Gasteiger charge is 2.27. The van der Waals surface area contributed by atoms with E-state index in [1.165, 1.54) is 0 Å². The van der Waals surface area contributed by atoms with E-state index in [-0.39, 0.29) is 16.2 Å². The molecule has 1 aromatic rings. The second-order valence-corrected chi connectivity index (χ2v) is 5.71. The van der Waals surface area contributed by atoms with Gasteiger partial charge in [-0.1, -0.05) is 12.1 Å². The van der Waals surface area contributed by atoms with E-state index in [0.29, 0.717) is 0 Å². The van der Waals surface area contributed by atoms with E-state index in [9.17, 15) is 10.1 Å². The fourth-order valence-corrected chi connectivity index (χ4v) is 2.65. The van der Waals surface area contributed by atoms with E-state index in [0.717, 1.165) is 44.5 Å². The van der Waals surface area contributed by atoms with Crippen molar-refractivity contribution in [1.29, 1.82) is 0 Å². The summed E-state index contributed by atoms with van der Waals surface area (Å²) in [6.07, 6.45) is 3.23. The lowest BCUT2D eigenvalue weighted by Gasteiger charge is -2.26. The van der Waals surface area contributed by atoms with Crippen LogP contribution in [0, 0.1) is 10.1 Å². The predicted octanol–water partition coefficient (Wildman–Crippen LogP) is 2.99. The summed E-state index contributed by atoms with van der Waals surface area (Å²) < 4.78 is 5.60. The van der Waals surface area contributed by atoms with Crippen LogP contribution in [-0.2, 0) is 11.3 Å². The molecule has 5 nitrogen and oxygen atoms in total. The summed E-state index contributed by atoms with van der Waals surface area (Å²) in [4.78, 5) is 12.7. The molecule has 0 N–H and O–H groups in total. The summed E-state index contributed by atoms with van der Waals surface area (Å²) in [5.41, 5.74) is 1.26. The van der Waals surface area contributed by atoms with Gasteiger partial charge in [-0.3, -0.25) is 15.0 Å². The van der Waals surface area contributed by atoms with Crippen molar-refractivity contribution < 1.29 is 9.66 Å². The Bertz CT molecular complexity index is 461. The van der Waals surface area contributed by atoms with Crippen molar-refractivity contribution in [3.8, 4) is 0 Å². The van der Waals surface area contributed by atoms with Crippen molar-refractivity contribution in [3.63, 3.8) is 0 Å². The van der Waals surface area contributed by atoms with Crippen LogP contribution in [0.2, 0.25) is 0 Å². The monoisotopic (exact) mass is 278 g/mol. The molecule has 1 heterocycles. The average Bonchev–Trinajstić information content (AvgIpc) is 2.63. The number of likely N-dealkylation sites (tertiary alicyclic amines) is 1. The molecule has 0 spiro atoms. The number of ether oxygens (including phenoxy) is 1. The Morgan fingerprint density at radius 1 is 1.30 bits per heavy atom. The van der Waals surface area contributed by atoms with Crippen LogP contribution in [0.4, 0.5) is 5.69 Å². The maximum atomic E-state index is 10.6. The maximum absolute atomic E-state index is 10.6. The molecular formula is C15H22N2O3. The highest BCUT2D eigenvalue weighted by molar-refractivity contribution is 5.32. The lowest BCUT2D eigenvalue weighted by atomic mass is 9.97. The van der Waals surface area contributed by atoms with E-state index in [4.69, 9.17) is 4.74 Å². The zero-order chi connectivity index (χ0) is 14.6. The first-order chi connectivity index (χ1) is 9.52. The number of methoxy groups -OCH3 is 1. The van der Waals surface area contributed by atoms with Crippen LogP contribution in [0.1, 0.15) is 31.7 Å². The zero-order valence-electron chi connectivity index (χ0n) is 12.2. The molecule has 1 aliphatic heterocycles. The molecular weight excluding hydrogens is 256 g/mol. The van der Waals surface area contributed by atoms with Gasteiger partial charge in [0.25, 0.3) is 5.69 Å². The lowest BCUT2D eigenvalue weighted by Crippen LogP contribution is -2.30. The molecule has 2 rings (SSSR count). The molecule has 0 aliphatic carbocycles. The Morgan fingerprint density at radius 2 is 2.00 bits per heavy atom. The Balaban J connectivity index is 1.94. The molecule has 0 amide bonds. The fraction of sp³-hybridized carbons (Fsp3) is 0.600. The highest BCUT2D eigenvalue weighted by atomic mass is 16.6. The maximum Gasteiger partial charge on any atom is 0.269 e. The van der Waals surface area contributed by atoms with Crippen molar-refractivity contribution in [1.82, 2.24) is 4.90 Å². The summed E-state index contributed by atoms with van der Waals surface area (Å²) in [5.74, 6) is 0. The minimum atomic E-state index is -0.361. The van der Waals surface area contributed by atoms with Crippen LogP contribution >= 0.6 is 0 Å². The van der Waals surface area contributed by atoms with Crippen LogP contribution in [-0.4, -0.2) is 35.6 Å². The Labute approximate surface area is 119 Å². The van der Waals surface area contributed by atoms with Gasteiger partial charge in [-0.2, -0.15) is 0 Å². The van der Waals surface area contributed by atoms with Crippen molar-refractivity contribution in [3.05, 3.63) is 39.9 Å². The number of hydrogen-bond acceptors (Lipinski definition) is 4. The minimum absolute atomic E-state index is 0.00970. The lowest BCUT2D eigenvalue weighted by molar-refractivity contribution is -0.384. The summed E-state index contributed by atoms with van der Waals surface area (Å²) in [6.45, 7) is 5.07. The molecule has 0 radical (unpaired) electrons. The number of hydrogen-bond donors (Lipinski definition) is 0.